The minimum atomic E-state index is -1.02. The van der Waals surface area contributed by atoms with Crippen LogP contribution in [0.1, 0.15) is 45.3 Å². The van der Waals surface area contributed by atoms with Crippen LogP contribution < -0.4 is 0 Å². The summed E-state index contributed by atoms with van der Waals surface area (Å²) >= 11 is 0. The van der Waals surface area contributed by atoms with Crippen molar-refractivity contribution in [2.75, 3.05) is 7.05 Å². The molecule has 1 aromatic carbocycles. The quantitative estimate of drug-likeness (QED) is 0.914. The lowest BCUT2D eigenvalue weighted by Crippen LogP contribution is -2.27. The number of carboxylic acids is 1. The molecular formula is C19H21NO4. The van der Waals surface area contributed by atoms with Gasteiger partial charge in [-0.3, -0.25) is 4.79 Å². The minimum absolute atomic E-state index is 0.00565. The Labute approximate surface area is 140 Å². The molecule has 2 atom stereocenters. The number of carbonyl (C=O) groups excluding carboxylic acids is 1. The van der Waals surface area contributed by atoms with Gasteiger partial charge < -0.3 is 14.4 Å². The molecule has 0 radical (unpaired) electrons. The fourth-order valence-electron chi connectivity index (χ4n) is 3.24. The Balaban J connectivity index is 1.65. The van der Waals surface area contributed by atoms with Gasteiger partial charge in [-0.2, -0.15) is 0 Å². The van der Waals surface area contributed by atoms with Crippen molar-refractivity contribution in [3.8, 4) is 0 Å². The highest BCUT2D eigenvalue weighted by atomic mass is 16.4. The van der Waals surface area contributed by atoms with E-state index in [-0.39, 0.29) is 29.9 Å². The summed E-state index contributed by atoms with van der Waals surface area (Å²) in [5.74, 6) is 0.212. The predicted molar refractivity (Wildman–Crippen MR) is 88.9 cm³/mol. The van der Waals surface area contributed by atoms with E-state index in [1.54, 1.807) is 18.9 Å². The van der Waals surface area contributed by atoms with Crippen LogP contribution >= 0.6 is 0 Å². The van der Waals surface area contributed by atoms with E-state index in [9.17, 15) is 9.59 Å². The van der Waals surface area contributed by atoms with E-state index >= 15 is 0 Å². The summed E-state index contributed by atoms with van der Waals surface area (Å²) in [5.41, 5.74) is 2.61. The molecule has 24 heavy (non-hydrogen) atoms. The van der Waals surface area contributed by atoms with Crippen molar-refractivity contribution < 1.29 is 19.1 Å². The third-order valence-corrected chi connectivity index (χ3v) is 4.66. The smallest absolute Gasteiger partial charge is 0.339 e. The van der Waals surface area contributed by atoms with Crippen LogP contribution in [-0.2, 0) is 11.3 Å². The molecule has 0 aliphatic heterocycles. The summed E-state index contributed by atoms with van der Waals surface area (Å²) in [6.07, 6.45) is 0.867. The Morgan fingerprint density at radius 1 is 1.29 bits per heavy atom. The number of carbonyl (C=O) groups is 2. The highest BCUT2D eigenvalue weighted by Crippen LogP contribution is 2.49. The summed E-state index contributed by atoms with van der Waals surface area (Å²) in [5, 5.41) is 9.07. The van der Waals surface area contributed by atoms with E-state index in [0.717, 1.165) is 6.42 Å². The zero-order valence-electron chi connectivity index (χ0n) is 14.1. The number of hydrogen-bond acceptors (Lipinski definition) is 3. The molecule has 1 heterocycles. The van der Waals surface area contributed by atoms with Gasteiger partial charge in [0.05, 0.1) is 6.54 Å². The molecule has 1 aliphatic carbocycles. The fraction of sp³-hybridized carbons (Fsp3) is 0.368. The average molecular weight is 327 g/mol. The summed E-state index contributed by atoms with van der Waals surface area (Å²) in [6, 6.07) is 9.65. The van der Waals surface area contributed by atoms with Crippen molar-refractivity contribution in [3.05, 3.63) is 58.5 Å². The van der Waals surface area contributed by atoms with Crippen LogP contribution in [0.5, 0.6) is 0 Å². The Hall–Kier alpha value is -2.56. The maximum absolute atomic E-state index is 12.6. The van der Waals surface area contributed by atoms with E-state index in [1.165, 1.54) is 17.2 Å². The van der Waals surface area contributed by atoms with Gasteiger partial charge in [0, 0.05) is 13.0 Å². The molecule has 1 aliphatic rings. The van der Waals surface area contributed by atoms with Gasteiger partial charge in [-0.15, -0.1) is 0 Å². The number of furan rings is 1. The van der Waals surface area contributed by atoms with Gasteiger partial charge >= 0.3 is 5.97 Å². The number of amides is 1. The number of rotatable bonds is 5. The predicted octanol–water partition coefficient (Wildman–Crippen LogP) is 3.36. The van der Waals surface area contributed by atoms with Crippen LogP contribution in [0.3, 0.4) is 0 Å². The largest absolute Gasteiger partial charge is 0.478 e. The van der Waals surface area contributed by atoms with Gasteiger partial charge in [0.1, 0.15) is 17.1 Å². The molecule has 1 saturated carbocycles. The first-order valence-corrected chi connectivity index (χ1v) is 8.01. The Bertz CT molecular complexity index is 792. The first-order chi connectivity index (χ1) is 11.4. The van der Waals surface area contributed by atoms with E-state index in [0.29, 0.717) is 11.5 Å². The van der Waals surface area contributed by atoms with Crippen LogP contribution in [0.4, 0.5) is 0 Å². The average Bonchev–Trinajstić information content (AvgIpc) is 3.23. The molecule has 1 N–H and O–H groups in total. The number of aromatic carboxylic acids is 1. The van der Waals surface area contributed by atoms with Crippen molar-refractivity contribution in [1.82, 2.24) is 4.90 Å². The van der Waals surface area contributed by atoms with Crippen LogP contribution in [0.25, 0.3) is 0 Å². The van der Waals surface area contributed by atoms with Crippen molar-refractivity contribution in [2.45, 2.75) is 32.7 Å². The second-order valence-electron chi connectivity index (χ2n) is 6.49. The van der Waals surface area contributed by atoms with Crippen molar-refractivity contribution >= 4 is 11.9 Å². The Morgan fingerprint density at radius 2 is 2.00 bits per heavy atom. The highest BCUT2D eigenvalue weighted by molar-refractivity contribution is 5.89. The molecule has 0 saturated heterocycles. The number of carboxylic acid groups (broad SMARTS) is 1. The molecule has 0 spiro atoms. The molecule has 2 aromatic rings. The minimum Gasteiger partial charge on any atom is -0.478 e. The third-order valence-electron chi connectivity index (χ3n) is 4.66. The van der Waals surface area contributed by atoms with Crippen LogP contribution in [0, 0.1) is 19.8 Å². The molecule has 5 heteroatoms. The van der Waals surface area contributed by atoms with Crippen LogP contribution in [-0.4, -0.2) is 28.9 Å². The zero-order valence-corrected chi connectivity index (χ0v) is 14.1. The molecular weight excluding hydrogens is 306 g/mol. The zero-order chi connectivity index (χ0) is 17.4. The maximum atomic E-state index is 12.6. The number of nitrogens with zero attached hydrogens (tertiary/aromatic N) is 1. The highest BCUT2D eigenvalue weighted by Gasteiger charge is 2.45. The number of benzene rings is 1. The molecule has 126 valence electrons. The van der Waals surface area contributed by atoms with Gasteiger partial charge in [-0.25, -0.2) is 4.79 Å². The lowest BCUT2D eigenvalue weighted by Gasteiger charge is -2.16. The molecule has 3 rings (SSSR count). The van der Waals surface area contributed by atoms with Gasteiger partial charge in [-0.1, -0.05) is 24.3 Å². The summed E-state index contributed by atoms with van der Waals surface area (Å²) in [4.78, 5) is 25.3. The van der Waals surface area contributed by atoms with Crippen molar-refractivity contribution in [2.24, 2.45) is 5.92 Å². The van der Waals surface area contributed by atoms with Gasteiger partial charge in [0.15, 0.2) is 0 Å². The topological polar surface area (TPSA) is 70.8 Å². The van der Waals surface area contributed by atoms with E-state index in [1.807, 2.05) is 12.1 Å². The molecule has 1 amide bonds. The number of hydrogen-bond donors (Lipinski definition) is 1. The van der Waals surface area contributed by atoms with Gasteiger partial charge in [-0.05, 0) is 43.4 Å². The Kier molecular flexibility index (Phi) is 4.18. The summed E-state index contributed by atoms with van der Waals surface area (Å²) < 4.78 is 5.45. The molecule has 0 bridgehead atoms. The molecule has 0 unspecified atom stereocenters. The first-order valence-electron chi connectivity index (χ1n) is 8.01. The lowest BCUT2D eigenvalue weighted by molar-refractivity contribution is -0.132. The first kappa shape index (κ1) is 16.3. The normalized spacial score (nSPS) is 19.1. The standard InChI is InChI=1S/C19H21NO4/c1-11-6-4-5-7-14(11)16-9-17(16)18(21)20(3)10-13-8-15(19(22)23)12(2)24-13/h4-8,16-17H,9-10H2,1-3H3,(H,22,23)/t16-,17-/m0/s1. The van der Waals surface area contributed by atoms with E-state index in [4.69, 9.17) is 9.52 Å². The van der Waals surface area contributed by atoms with Crippen LogP contribution in [0.2, 0.25) is 0 Å². The van der Waals surface area contributed by atoms with Crippen LogP contribution in [0.15, 0.2) is 34.7 Å². The summed E-state index contributed by atoms with van der Waals surface area (Å²) in [7, 11) is 1.73. The molecule has 5 nitrogen and oxygen atoms in total. The van der Waals surface area contributed by atoms with Gasteiger partial charge in [0.2, 0.25) is 5.91 Å². The number of aryl methyl sites for hydroxylation is 2. The van der Waals surface area contributed by atoms with Crippen molar-refractivity contribution in [3.63, 3.8) is 0 Å². The summed E-state index contributed by atoms with van der Waals surface area (Å²) in [6.45, 7) is 3.96. The Morgan fingerprint density at radius 3 is 2.62 bits per heavy atom. The molecule has 1 fully saturated rings. The maximum Gasteiger partial charge on any atom is 0.339 e. The monoisotopic (exact) mass is 327 g/mol. The molecule has 1 aromatic heterocycles. The lowest BCUT2D eigenvalue weighted by atomic mass is 10.0. The SMILES string of the molecule is Cc1ccccc1[C@@H]1C[C@@H]1C(=O)N(C)Cc1cc(C(=O)O)c(C)o1. The fourth-order valence-corrected chi connectivity index (χ4v) is 3.24. The second-order valence-corrected chi connectivity index (χ2v) is 6.49. The van der Waals surface area contributed by atoms with Crippen molar-refractivity contribution in [1.29, 1.82) is 0 Å². The van der Waals surface area contributed by atoms with E-state index < -0.39 is 5.97 Å². The van der Waals surface area contributed by atoms with Gasteiger partial charge in [0.25, 0.3) is 0 Å². The third kappa shape index (κ3) is 3.07. The second kappa shape index (κ2) is 6.15. The van der Waals surface area contributed by atoms with E-state index in [2.05, 4.69) is 19.1 Å².